The fourth-order valence-corrected chi connectivity index (χ4v) is 0.990. The standard InChI is InChI=1S/C8H7F2N3O/c9-8(10)4-1-7(14)6(3-12)13-5(4)2-11/h1,8,14H,2,11H2. The molecule has 0 radical (unpaired) electrons. The van der Waals surface area contributed by atoms with E-state index in [9.17, 15) is 8.78 Å². The fraction of sp³-hybridized carbons (Fsp3) is 0.250. The van der Waals surface area contributed by atoms with Gasteiger partial charge in [0.05, 0.1) is 5.69 Å². The van der Waals surface area contributed by atoms with Gasteiger partial charge in [-0.25, -0.2) is 13.8 Å². The Morgan fingerprint density at radius 2 is 2.29 bits per heavy atom. The molecule has 1 aromatic heterocycles. The largest absolute Gasteiger partial charge is 0.505 e. The van der Waals surface area contributed by atoms with E-state index < -0.39 is 17.7 Å². The molecule has 0 bridgehead atoms. The molecule has 0 saturated carbocycles. The maximum absolute atomic E-state index is 12.3. The number of alkyl halides is 2. The van der Waals surface area contributed by atoms with Crippen LogP contribution in [-0.2, 0) is 6.54 Å². The Balaban J connectivity index is 3.33. The average Bonchev–Trinajstić information content (AvgIpc) is 2.17. The molecule has 0 spiro atoms. The minimum atomic E-state index is -2.76. The first-order chi connectivity index (χ1) is 6.60. The van der Waals surface area contributed by atoms with Crippen molar-refractivity contribution in [1.82, 2.24) is 4.98 Å². The van der Waals surface area contributed by atoms with Gasteiger partial charge in [-0.05, 0) is 6.07 Å². The molecule has 0 aliphatic rings. The lowest BCUT2D eigenvalue weighted by atomic mass is 10.1. The summed E-state index contributed by atoms with van der Waals surface area (Å²) in [5.41, 5.74) is 4.36. The fourth-order valence-electron chi connectivity index (χ4n) is 0.990. The van der Waals surface area contributed by atoms with Crippen molar-refractivity contribution in [2.75, 3.05) is 0 Å². The van der Waals surface area contributed by atoms with Gasteiger partial charge in [0, 0.05) is 12.1 Å². The SMILES string of the molecule is N#Cc1nc(CN)c(C(F)F)cc1O. The van der Waals surface area contributed by atoms with Gasteiger partial charge in [0.15, 0.2) is 11.4 Å². The van der Waals surface area contributed by atoms with E-state index in [1.165, 1.54) is 0 Å². The van der Waals surface area contributed by atoms with Crippen LogP contribution in [0.25, 0.3) is 0 Å². The number of hydrogen-bond donors (Lipinski definition) is 2. The molecule has 1 aromatic rings. The van der Waals surface area contributed by atoms with E-state index in [-0.39, 0.29) is 17.9 Å². The van der Waals surface area contributed by atoms with Crippen LogP contribution in [0.1, 0.15) is 23.4 Å². The van der Waals surface area contributed by atoms with Crippen molar-refractivity contribution in [2.24, 2.45) is 5.73 Å². The van der Waals surface area contributed by atoms with Crippen molar-refractivity contribution in [2.45, 2.75) is 13.0 Å². The van der Waals surface area contributed by atoms with Crippen molar-refractivity contribution in [3.63, 3.8) is 0 Å². The van der Waals surface area contributed by atoms with Gasteiger partial charge < -0.3 is 10.8 Å². The quantitative estimate of drug-likeness (QED) is 0.745. The first-order valence-corrected chi connectivity index (χ1v) is 3.71. The van der Waals surface area contributed by atoms with Gasteiger partial charge >= 0.3 is 0 Å². The highest BCUT2D eigenvalue weighted by atomic mass is 19.3. The van der Waals surface area contributed by atoms with Gasteiger partial charge in [-0.3, -0.25) is 0 Å². The summed E-state index contributed by atoms with van der Waals surface area (Å²) in [4.78, 5) is 3.51. The molecule has 0 fully saturated rings. The number of rotatable bonds is 2. The molecule has 14 heavy (non-hydrogen) atoms. The number of halogens is 2. The zero-order valence-corrected chi connectivity index (χ0v) is 7.04. The Morgan fingerprint density at radius 1 is 1.64 bits per heavy atom. The molecule has 0 unspecified atom stereocenters. The predicted molar refractivity (Wildman–Crippen MR) is 43.5 cm³/mol. The van der Waals surface area contributed by atoms with E-state index >= 15 is 0 Å². The van der Waals surface area contributed by atoms with Crippen LogP contribution in [0.5, 0.6) is 5.75 Å². The van der Waals surface area contributed by atoms with Crippen LogP contribution >= 0.6 is 0 Å². The molecule has 6 heteroatoms. The van der Waals surface area contributed by atoms with Crippen LogP contribution in [0, 0.1) is 11.3 Å². The minimum Gasteiger partial charge on any atom is -0.505 e. The third-order valence-corrected chi connectivity index (χ3v) is 1.65. The Morgan fingerprint density at radius 3 is 2.71 bits per heavy atom. The summed E-state index contributed by atoms with van der Waals surface area (Å²) in [6, 6.07) is 2.39. The molecule has 4 nitrogen and oxygen atoms in total. The van der Waals surface area contributed by atoms with Gasteiger partial charge in [-0.1, -0.05) is 0 Å². The highest BCUT2D eigenvalue weighted by molar-refractivity contribution is 5.41. The van der Waals surface area contributed by atoms with Crippen molar-refractivity contribution in [3.05, 3.63) is 23.0 Å². The van der Waals surface area contributed by atoms with Gasteiger partial charge in [-0.2, -0.15) is 5.26 Å². The number of hydrogen-bond acceptors (Lipinski definition) is 4. The monoisotopic (exact) mass is 199 g/mol. The molecule has 1 rings (SSSR count). The summed E-state index contributed by atoms with van der Waals surface area (Å²) < 4.78 is 24.7. The maximum Gasteiger partial charge on any atom is 0.265 e. The first-order valence-electron chi connectivity index (χ1n) is 3.71. The third-order valence-electron chi connectivity index (χ3n) is 1.65. The molecule has 0 aromatic carbocycles. The Bertz CT molecular complexity index is 387. The van der Waals surface area contributed by atoms with Gasteiger partial charge in [-0.15, -0.1) is 0 Å². The molecular weight excluding hydrogens is 192 g/mol. The molecular formula is C8H7F2N3O. The van der Waals surface area contributed by atoms with Crippen molar-refractivity contribution < 1.29 is 13.9 Å². The van der Waals surface area contributed by atoms with Crippen LogP contribution in [0.2, 0.25) is 0 Å². The second-order valence-electron chi connectivity index (χ2n) is 2.51. The van der Waals surface area contributed by atoms with Crippen molar-refractivity contribution in [3.8, 4) is 11.8 Å². The van der Waals surface area contributed by atoms with Crippen LogP contribution in [0.3, 0.4) is 0 Å². The maximum atomic E-state index is 12.3. The smallest absolute Gasteiger partial charge is 0.265 e. The van der Waals surface area contributed by atoms with E-state index in [4.69, 9.17) is 16.1 Å². The molecule has 0 amide bonds. The van der Waals surface area contributed by atoms with E-state index in [0.29, 0.717) is 0 Å². The highest BCUT2D eigenvalue weighted by Crippen LogP contribution is 2.26. The third kappa shape index (κ3) is 1.78. The number of nitrogens with two attached hydrogens (primary N) is 1. The van der Waals surface area contributed by atoms with Crippen LogP contribution < -0.4 is 5.73 Å². The van der Waals surface area contributed by atoms with Crippen molar-refractivity contribution in [1.29, 1.82) is 5.26 Å². The summed E-state index contributed by atoms with van der Waals surface area (Å²) in [5.74, 6) is -0.556. The Kier molecular flexibility index (Phi) is 2.94. The topological polar surface area (TPSA) is 82.9 Å². The molecule has 74 valence electrons. The second-order valence-corrected chi connectivity index (χ2v) is 2.51. The molecule has 1 heterocycles. The second kappa shape index (κ2) is 3.98. The van der Waals surface area contributed by atoms with Crippen LogP contribution in [0.15, 0.2) is 6.07 Å². The molecule has 0 aliphatic carbocycles. The lowest BCUT2D eigenvalue weighted by Crippen LogP contribution is -2.06. The number of nitriles is 1. The zero-order valence-electron chi connectivity index (χ0n) is 7.04. The Hall–Kier alpha value is -1.74. The summed E-state index contributed by atoms with van der Waals surface area (Å²) >= 11 is 0. The highest BCUT2D eigenvalue weighted by Gasteiger charge is 2.16. The van der Waals surface area contributed by atoms with Crippen molar-refractivity contribution >= 4 is 0 Å². The molecule has 0 saturated heterocycles. The summed E-state index contributed by atoms with van der Waals surface area (Å²) in [7, 11) is 0. The minimum absolute atomic E-state index is 0.0747. The van der Waals surface area contributed by atoms with Gasteiger partial charge in [0.2, 0.25) is 0 Å². The summed E-state index contributed by atoms with van der Waals surface area (Å²) in [6.07, 6.45) is -2.76. The first kappa shape index (κ1) is 10.3. The lowest BCUT2D eigenvalue weighted by Gasteiger charge is -2.07. The van der Waals surface area contributed by atoms with E-state index in [1.807, 2.05) is 0 Å². The van der Waals surface area contributed by atoms with Gasteiger partial charge in [0.25, 0.3) is 6.43 Å². The Labute approximate surface area is 78.6 Å². The van der Waals surface area contributed by atoms with E-state index in [2.05, 4.69) is 4.98 Å². The number of pyridine rings is 1. The normalized spacial score (nSPS) is 10.2. The van der Waals surface area contributed by atoms with Crippen LogP contribution in [-0.4, -0.2) is 10.1 Å². The number of aromatic nitrogens is 1. The summed E-state index contributed by atoms with van der Waals surface area (Å²) in [5, 5.41) is 17.6. The van der Waals surface area contributed by atoms with E-state index in [0.717, 1.165) is 6.07 Å². The lowest BCUT2D eigenvalue weighted by molar-refractivity contribution is 0.149. The number of nitrogens with zero attached hydrogens (tertiary/aromatic N) is 2. The van der Waals surface area contributed by atoms with Crippen LogP contribution in [0.4, 0.5) is 8.78 Å². The molecule has 0 atom stereocenters. The molecule has 0 aliphatic heterocycles. The zero-order chi connectivity index (χ0) is 10.7. The molecule has 3 N–H and O–H groups in total. The summed E-state index contributed by atoms with van der Waals surface area (Å²) in [6.45, 7) is -0.200. The average molecular weight is 199 g/mol. The van der Waals surface area contributed by atoms with E-state index in [1.54, 1.807) is 6.07 Å². The predicted octanol–water partition coefficient (Wildman–Crippen LogP) is 1.06. The van der Waals surface area contributed by atoms with Gasteiger partial charge in [0.1, 0.15) is 6.07 Å². The number of aromatic hydroxyl groups is 1.